The van der Waals surface area contributed by atoms with Crippen molar-refractivity contribution in [3.63, 3.8) is 0 Å². The van der Waals surface area contributed by atoms with Gasteiger partial charge in [0, 0.05) is 20.0 Å². The summed E-state index contributed by atoms with van der Waals surface area (Å²) < 4.78 is 5.45. The Kier molecular flexibility index (Phi) is 5.81. The summed E-state index contributed by atoms with van der Waals surface area (Å²) in [5.41, 5.74) is 0.988. The fourth-order valence-electron chi connectivity index (χ4n) is 2.68. The summed E-state index contributed by atoms with van der Waals surface area (Å²) in [6.07, 6.45) is 3.04. The smallest absolute Gasteiger partial charge is 0.243 e. The fraction of sp³-hybridized carbons (Fsp3) is 0.529. The minimum atomic E-state index is -0.356. The lowest BCUT2D eigenvalue weighted by Gasteiger charge is -2.25. The standard InChI is InChI=1S/C17H24N2O3/c1-3-22-14-8-6-7-13(11-14)12-18-17(21)15-9-4-5-10-16(20)19(15)2/h6-8,11,15H,3-5,9-10,12H2,1-2H3,(H,18,21). The number of nitrogens with one attached hydrogen (secondary N) is 1. The maximum absolute atomic E-state index is 12.4. The minimum absolute atomic E-state index is 0.0518. The van der Waals surface area contributed by atoms with Crippen LogP contribution in [0.1, 0.15) is 38.2 Å². The predicted molar refractivity (Wildman–Crippen MR) is 84.5 cm³/mol. The molecule has 0 spiro atoms. The summed E-state index contributed by atoms with van der Waals surface area (Å²) in [6, 6.07) is 7.32. The molecule has 1 aromatic rings. The number of hydrogen-bond acceptors (Lipinski definition) is 3. The van der Waals surface area contributed by atoms with Crippen LogP contribution in [0.3, 0.4) is 0 Å². The van der Waals surface area contributed by atoms with Gasteiger partial charge in [0.05, 0.1) is 6.61 Å². The summed E-state index contributed by atoms with van der Waals surface area (Å²) in [5.74, 6) is 0.770. The second-order valence-electron chi connectivity index (χ2n) is 5.56. The number of rotatable bonds is 5. The molecule has 120 valence electrons. The average Bonchev–Trinajstić information content (AvgIpc) is 2.68. The topological polar surface area (TPSA) is 58.6 Å². The third-order valence-corrected chi connectivity index (χ3v) is 3.96. The van der Waals surface area contributed by atoms with E-state index in [1.807, 2.05) is 31.2 Å². The number of hydrogen-bond donors (Lipinski definition) is 1. The molecular weight excluding hydrogens is 280 g/mol. The van der Waals surface area contributed by atoms with Crippen LogP contribution in [0.2, 0.25) is 0 Å². The zero-order valence-electron chi connectivity index (χ0n) is 13.3. The minimum Gasteiger partial charge on any atom is -0.494 e. The first-order chi connectivity index (χ1) is 10.6. The highest BCUT2D eigenvalue weighted by Gasteiger charge is 2.28. The van der Waals surface area contributed by atoms with Crippen LogP contribution in [-0.4, -0.2) is 36.4 Å². The Morgan fingerprint density at radius 1 is 1.41 bits per heavy atom. The second kappa shape index (κ2) is 7.82. The monoisotopic (exact) mass is 304 g/mol. The van der Waals surface area contributed by atoms with E-state index in [0.717, 1.165) is 30.6 Å². The van der Waals surface area contributed by atoms with Crippen molar-refractivity contribution in [2.45, 2.75) is 45.2 Å². The first-order valence-corrected chi connectivity index (χ1v) is 7.87. The third kappa shape index (κ3) is 4.23. The van der Waals surface area contributed by atoms with Gasteiger partial charge in [-0.15, -0.1) is 0 Å². The number of ether oxygens (including phenoxy) is 1. The number of benzene rings is 1. The maximum atomic E-state index is 12.4. The van der Waals surface area contributed by atoms with Crippen LogP contribution in [-0.2, 0) is 16.1 Å². The Balaban J connectivity index is 1.94. The number of carbonyl (C=O) groups excluding carboxylic acids is 2. The first-order valence-electron chi connectivity index (χ1n) is 7.87. The summed E-state index contributed by atoms with van der Waals surface area (Å²) in [6.45, 7) is 3.00. The molecule has 5 heteroatoms. The summed E-state index contributed by atoms with van der Waals surface area (Å²) in [5, 5.41) is 2.93. The van der Waals surface area contributed by atoms with E-state index in [1.54, 1.807) is 11.9 Å². The zero-order valence-corrected chi connectivity index (χ0v) is 13.3. The molecule has 0 radical (unpaired) electrons. The van der Waals surface area contributed by atoms with Crippen LogP contribution in [0.15, 0.2) is 24.3 Å². The highest BCUT2D eigenvalue weighted by Crippen LogP contribution is 2.17. The molecule has 22 heavy (non-hydrogen) atoms. The number of amides is 2. The van der Waals surface area contributed by atoms with Crippen LogP contribution >= 0.6 is 0 Å². The molecule has 1 aromatic carbocycles. The normalized spacial score (nSPS) is 18.7. The van der Waals surface area contributed by atoms with Crippen molar-refractivity contribution in [3.05, 3.63) is 29.8 Å². The van der Waals surface area contributed by atoms with E-state index >= 15 is 0 Å². The number of likely N-dealkylation sites (N-methyl/N-ethyl adjacent to an activating group) is 1. The molecule has 1 fully saturated rings. The Morgan fingerprint density at radius 3 is 3.00 bits per heavy atom. The fourth-order valence-corrected chi connectivity index (χ4v) is 2.68. The Bertz CT molecular complexity index is 530. The summed E-state index contributed by atoms with van der Waals surface area (Å²) in [7, 11) is 1.72. The molecule has 1 atom stereocenters. The molecule has 0 aromatic heterocycles. The van der Waals surface area contributed by atoms with Gasteiger partial charge in [-0.25, -0.2) is 0 Å². The van der Waals surface area contributed by atoms with Gasteiger partial charge in [0.1, 0.15) is 11.8 Å². The largest absolute Gasteiger partial charge is 0.494 e. The molecule has 0 bridgehead atoms. The van der Waals surface area contributed by atoms with Crippen molar-refractivity contribution < 1.29 is 14.3 Å². The molecule has 1 N–H and O–H groups in total. The van der Waals surface area contributed by atoms with Crippen molar-refractivity contribution in [1.82, 2.24) is 10.2 Å². The van der Waals surface area contributed by atoms with Crippen molar-refractivity contribution in [2.24, 2.45) is 0 Å². The summed E-state index contributed by atoms with van der Waals surface area (Å²) >= 11 is 0. The molecule has 0 saturated carbocycles. The van der Waals surface area contributed by atoms with Crippen LogP contribution in [0.5, 0.6) is 5.75 Å². The van der Waals surface area contributed by atoms with Crippen LogP contribution in [0, 0.1) is 0 Å². The van der Waals surface area contributed by atoms with Gasteiger partial charge in [0.2, 0.25) is 11.8 Å². The van der Waals surface area contributed by atoms with Crippen molar-refractivity contribution in [3.8, 4) is 5.75 Å². The zero-order chi connectivity index (χ0) is 15.9. The van der Waals surface area contributed by atoms with Crippen LogP contribution in [0.25, 0.3) is 0 Å². The lowest BCUT2D eigenvalue weighted by molar-refractivity contribution is -0.138. The van der Waals surface area contributed by atoms with E-state index in [2.05, 4.69) is 5.32 Å². The lowest BCUT2D eigenvalue weighted by Crippen LogP contribution is -2.46. The van der Waals surface area contributed by atoms with E-state index in [1.165, 1.54) is 0 Å². The van der Waals surface area contributed by atoms with Gasteiger partial charge in [-0.2, -0.15) is 0 Å². The highest BCUT2D eigenvalue weighted by molar-refractivity contribution is 5.87. The average molecular weight is 304 g/mol. The van der Waals surface area contributed by atoms with Gasteiger partial charge in [-0.1, -0.05) is 18.6 Å². The Morgan fingerprint density at radius 2 is 2.23 bits per heavy atom. The molecule has 1 heterocycles. The van der Waals surface area contributed by atoms with Gasteiger partial charge in [-0.05, 0) is 37.5 Å². The molecule has 1 unspecified atom stereocenters. The molecule has 2 amide bonds. The number of carbonyl (C=O) groups is 2. The molecule has 0 aliphatic carbocycles. The lowest BCUT2D eigenvalue weighted by atomic mass is 10.1. The van der Waals surface area contributed by atoms with E-state index in [-0.39, 0.29) is 17.9 Å². The molecule has 1 saturated heterocycles. The Labute approximate surface area is 131 Å². The van der Waals surface area contributed by atoms with Gasteiger partial charge in [0.25, 0.3) is 0 Å². The molecule has 2 rings (SSSR count). The molecular formula is C17H24N2O3. The maximum Gasteiger partial charge on any atom is 0.243 e. The van der Waals surface area contributed by atoms with Crippen molar-refractivity contribution in [2.75, 3.05) is 13.7 Å². The SMILES string of the molecule is CCOc1cccc(CNC(=O)C2CCCCC(=O)N2C)c1. The van der Waals surface area contributed by atoms with Gasteiger partial charge in [-0.3, -0.25) is 9.59 Å². The Hall–Kier alpha value is -2.04. The third-order valence-electron chi connectivity index (χ3n) is 3.96. The highest BCUT2D eigenvalue weighted by atomic mass is 16.5. The van der Waals surface area contributed by atoms with E-state index in [4.69, 9.17) is 4.74 Å². The van der Waals surface area contributed by atoms with Crippen molar-refractivity contribution in [1.29, 1.82) is 0 Å². The molecule has 1 aliphatic heterocycles. The van der Waals surface area contributed by atoms with E-state index in [0.29, 0.717) is 19.6 Å². The van der Waals surface area contributed by atoms with E-state index in [9.17, 15) is 9.59 Å². The number of nitrogens with zero attached hydrogens (tertiary/aromatic N) is 1. The number of likely N-dealkylation sites (tertiary alicyclic amines) is 1. The molecule has 1 aliphatic rings. The van der Waals surface area contributed by atoms with Gasteiger partial charge in [0.15, 0.2) is 0 Å². The van der Waals surface area contributed by atoms with Gasteiger partial charge < -0.3 is 15.0 Å². The predicted octanol–water partition coefficient (Wildman–Crippen LogP) is 2.10. The quantitative estimate of drug-likeness (QED) is 0.906. The second-order valence-corrected chi connectivity index (χ2v) is 5.56. The van der Waals surface area contributed by atoms with E-state index < -0.39 is 0 Å². The van der Waals surface area contributed by atoms with Gasteiger partial charge >= 0.3 is 0 Å². The van der Waals surface area contributed by atoms with Crippen molar-refractivity contribution >= 4 is 11.8 Å². The first kappa shape index (κ1) is 16.3. The molecule has 5 nitrogen and oxygen atoms in total. The summed E-state index contributed by atoms with van der Waals surface area (Å²) in [4.78, 5) is 25.8. The van der Waals surface area contributed by atoms with Crippen LogP contribution in [0.4, 0.5) is 0 Å². The van der Waals surface area contributed by atoms with Crippen LogP contribution < -0.4 is 10.1 Å².